The van der Waals surface area contributed by atoms with Gasteiger partial charge >= 0.3 is 6.18 Å². The minimum atomic E-state index is -4.50. The van der Waals surface area contributed by atoms with Crippen LogP contribution in [0.3, 0.4) is 0 Å². The van der Waals surface area contributed by atoms with Crippen LogP contribution >= 0.6 is 0 Å². The Hall–Kier alpha value is -4.00. The van der Waals surface area contributed by atoms with Crippen LogP contribution < -0.4 is 0 Å². The molecule has 5 rings (SSSR count). The number of hydrogen-bond donors (Lipinski definition) is 0. The van der Waals surface area contributed by atoms with E-state index in [-0.39, 0.29) is 24.3 Å². The number of nitrogens with zero attached hydrogens (tertiary/aromatic N) is 5. The highest BCUT2D eigenvalue weighted by Gasteiger charge is 2.34. The van der Waals surface area contributed by atoms with Gasteiger partial charge in [0.05, 0.1) is 18.0 Å². The molecule has 3 heterocycles. The van der Waals surface area contributed by atoms with Gasteiger partial charge in [-0.3, -0.25) is 19.1 Å². The minimum Gasteiger partial charge on any atom is -0.306 e. The second kappa shape index (κ2) is 11.9. The number of fused-ring (bicyclic) bond motifs is 1. The Labute approximate surface area is 237 Å². The van der Waals surface area contributed by atoms with Gasteiger partial charge in [0.1, 0.15) is 5.69 Å². The van der Waals surface area contributed by atoms with E-state index in [1.165, 1.54) is 6.07 Å². The summed E-state index contributed by atoms with van der Waals surface area (Å²) in [6.45, 7) is 3.65. The van der Waals surface area contributed by atoms with E-state index in [4.69, 9.17) is 0 Å². The molecule has 2 aromatic heterocycles. The van der Waals surface area contributed by atoms with Crippen molar-refractivity contribution in [2.45, 2.75) is 44.9 Å². The number of piperidine rings is 1. The molecule has 1 saturated heterocycles. The molecule has 4 aromatic rings. The van der Waals surface area contributed by atoms with Gasteiger partial charge in [0.2, 0.25) is 0 Å². The molecule has 1 aliphatic rings. The number of carbonyl (C=O) groups excluding carboxylic acids is 1. The van der Waals surface area contributed by atoms with Crippen molar-refractivity contribution in [2.75, 3.05) is 27.2 Å². The third-order valence-corrected chi connectivity index (χ3v) is 7.73. The summed E-state index contributed by atoms with van der Waals surface area (Å²) in [6, 6.07) is 9.96. The van der Waals surface area contributed by atoms with E-state index in [9.17, 15) is 18.0 Å². The number of halogens is 3. The van der Waals surface area contributed by atoms with E-state index in [2.05, 4.69) is 31.6 Å². The highest BCUT2D eigenvalue weighted by Crippen LogP contribution is 2.34. The molecule has 0 saturated carbocycles. The summed E-state index contributed by atoms with van der Waals surface area (Å²) in [5.74, 6) is 5.94. The Kier molecular flexibility index (Phi) is 8.25. The molecule has 6 nitrogen and oxygen atoms in total. The van der Waals surface area contributed by atoms with Crippen LogP contribution in [0, 0.1) is 18.8 Å². The fraction of sp³-hybridized carbons (Fsp3) is 0.344. The van der Waals surface area contributed by atoms with Crippen molar-refractivity contribution < 1.29 is 18.0 Å². The van der Waals surface area contributed by atoms with E-state index >= 15 is 0 Å². The van der Waals surface area contributed by atoms with Crippen LogP contribution in [0.5, 0.6) is 0 Å². The lowest BCUT2D eigenvalue weighted by molar-refractivity contribution is -0.138. The monoisotopic (exact) mass is 559 g/mol. The van der Waals surface area contributed by atoms with Crippen molar-refractivity contribution in [3.8, 4) is 11.8 Å². The second-order valence-electron chi connectivity index (χ2n) is 10.8. The Bertz CT molecular complexity index is 1620. The number of likely N-dealkylation sites (tertiary alicyclic amines) is 1. The molecule has 9 heteroatoms. The van der Waals surface area contributed by atoms with Gasteiger partial charge in [-0.05, 0) is 81.7 Å². The maximum absolute atomic E-state index is 14.1. The molecule has 1 fully saturated rings. The molecule has 0 aliphatic carbocycles. The van der Waals surface area contributed by atoms with Gasteiger partial charge in [-0.25, -0.2) is 4.98 Å². The first-order chi connectivity index (χ1) is 19.6. The fourth-order valence-corrected chi connectivity index (χ4v) is 5.25. The lowest BCUT2D eigenvalue weighted by atomic mass is 9.95. The van der Waals surface area contributed by atoms with Crippen molar-refractivity contribution >= 4 is 11.4 Å². The molecular formula is C32H32F3N5O. The van der Waals surface area contributed by atoms with Crippen LogP contribution in [0.4, 0.5) is 13.2 Å². The number of aromatic nitrogens is 3. The summed E-state index contributed by atoms with van der Waals surface area (Å²) in [5.41, 5.74) is 3.24. The third kappa shape index (κ3) is 6.67. The first-order valence-corrected chi connectivity index (χ1v) is 13.6. The van der Waals surface area contributed by atoms with Crippen molar-refractivity contribution in [1.82, 2.24) is 24.2 Å². The first kappa shape index (κ1) is 28.5. The van der Waals surface area contributed by atoms with Gasteiger partial charge in [-0.2, -0.15) is 13.2 Å². The number of alkyl halides is 3. The SMILES string of the molecule is Cc1ccc(C(=O)Cc2ccc(CN3CCC(N(C)C)CC3)c(C(F)(F)F)c2)cc1C#Cc1cnc2cnccn12. The van der Waals surface area contributed by atoms with Crippen LogP contribution in [0.15, 0.2) is 61.2 Å². The molecule has 1 aliphatic heterocycles. The van der Waals surface area contributed by atoms with E-state index in [1.54, 1.807) is 49.1 Å². The average molecular weight is 560 g/mol. The molecule has 0 N–H and O–H groups in total. The topological polar surface area (TPSA) is 53.7 Å². The number of rotatable bonds is 6. The largest absolute Gasteiger partial charge is 0.416 e. The Morgan fingerprint density at radius 2 is 1.85 bits per heavy atom. The van der Waals surface area contributed by atoms with Crippen molar-refractivity contribution in [1.29, 1.82) is 0 Å². The summed E-state index contributed by atoms with van der Waals surface area (Å²) >= 11 is 0. The number of hydrogen-bond acceptors (Lipinski definition) is 5. The maximum atomic E-state index is 14.1. The van der Waals surface area contributed by atoms with Gasteiger partial charge in [0.25, 0.3) is 0 Å². The van der Waals surface area contributed by atoms with Gasteiger partial charge in [-0.1, -0.05) is 30.2 Å². The summed E-state index contributed by atoms with van der Waals surface area (Å²) in [5, 5.41) is 0. The molecule has 2 aromatic carbocycles. The number of ketones is 1. The fourth-order valence-electron chi connectivity index (χ4n) is 5.25. The van der Waals surface area contributed by atoms with Crippen molar-refractivity contribution in [3.05, 3.63) is 100 Å². The third-order valence-electron chi connectivity index (χ3n) is 7.73. The highest BCUT2D eigenvalue weighted by molar-refractivity contribution is 5.98. The number of benzene rings is 2. The number of Topliss-reactive ketones (excluding diaryl/α,β-unsaturated/α-hetero) is 1. The van der Waals surface area contributed by atoms with E-state index < -0.39 is 11.7 Å². The summed E-state index contributed by atoms with van der Waals surface area (Å²) in [7, 11) is 4.07. The van der Waals surface area contributed by atoms with E-state index in [0.29, 0.717) is 34.1 Å². The average Bonchev–Trinajstić information content (AvgIpc) is 3.36. The summed E-state index contributed by atoms with van der Waals surface area (Å²) < 4.78 is 44.0. The van der Waals surface area contributed by atoms with Crippen LogP contribution in [0.1, 0.15) is 56.7 Å². The van der Waals surface area contributed by atoms with Gasteiger partial charge in [0.15, 0.2) is 11.4 Å². The second-order valence-corrected chi connectivity index (χ2v) is 10.8. The minimum absolute atomic E-state index is 0.131. The van der Waals surface area contributed by atoms with Crippen LogP contribution in [-0.2, 0) is 19.1 Å². The summed E-state index contributed by atoms with van der Waals surface area (Å²) in [4.78, 5) is 25.7. The standard InChI is InChI=1S/C32H32F3N5O/c1-22-4-6-25(18-24(22)8-9-28-19-37-31-20-36-12-15-40(28)31)30(41)17-23-5-7-26(29(16-23)32(33,34)35)21-39-13-10-27(11-14-39)38(2)3/h4-7,12,15-16,18-20,27H,10-11,13-14,17,21H2,1-3H3. The smallest absolute Gasteiger partial charge is 0.306 e. The molecule has 0 bridgehead atoms. The van der Waals surface area contributed by atoms with Gasteiger partial charge in [0, 0.05) is 42.5 Å². The molecule has 0 unspecified atom stereocenters. The Morgan fingerprint density at radius 3 is 2.59 bits per heavy atom. The first-order valence-electron chi connectivity index (χ1n) is 13.6. The lowest BCUT2D eigenvalue weighted by Crippen LogP contribution is -2.41. The number of carbonyl (C=O) groups is 1. The normalized spacial score (nSPS) is 14.8. The van der Waals surface area contributed by atoms with E-state index in [0.717, 1.165) is 37.6 Å². The quantitative estimate of drug-likeness (QED) is 0.234. The predicted octanol–water partition coefficient (Wildman–Crippen LogP) is 5.41. The maximum Gasteiger partial charge on any atom is 0.416 e. The van der Waals surface area contributed by atoms with Crippen LogP contribution in [-0.4, -0.2) is 63.2 Å². The zero-order valence-corrected chi connectivity index (χ0v) is 23.4. The zero-order valence-electron chi connectivity index (χ0n) is 23.4. The Morgan fingerprint density at radius 1 is 1.07 bits per heavy atom. The molecule has 0 radical (unpaired) electrons. The molecular weight excluding hydrogens is 527 g/mol. The van der Waals surface area contributed by atoms with Gasteiger partial charge in [-0.15, -0.1) is 0 Å². The van der Waals surface area contributed by atoms with Crippen molar-refractivity contribution in [2.24, 2.45) is 0 Å². The van der Waals surface area contributed by atoms with Crippen molar-refractivity contribution in [3.63, 3.8) is 0 Å². The van der Waals surface area contributed by atoms with Gasteiger partial charge < -0.3 is 4.90 Å². The van der Waals surface area contributed by atoms with Crippen LogP contribution in [0.25, 0.3) is 5.65 Å². The summed E-state index contributed by atoms with van der Waals surface area (Å²) in [6.07, 6.45) is 3.94. The zero-order chi connectivity index (χ0) is 29.1. The molecule has 0 atom stereocenters. The predicted molar refractivity (Wildman–Crippen MR) is 152 cm³/mol. The number of imidazole rings is 1. The van der Waals surface area contributed by atoms with Crippen LogP contribution in [0.2, 0.25) is 0 Å². The molecule has 0 amide bonds. The van der Waals surface area contributed by atoms with E-state index in [1.807, 2.05) is 25.4 Å². The highest BCUT2D eigenvalue weighted by atomic mass is 19.4. The lowest BCUT2D eigenvalue weighted by Gasteiger charge is -2.35. The molecule has 41 heavy (non-hydrogen) atoms. The molecule has 0 spiro atoms. The Balaban J connectivity index is 1.32. The number of aryl methyl sites for hydroxylation is 1. The molecule has 212 valence electrons.